The Labute approximate surface area is 200 Å². The van der Waals surface area contributed by atoms with E-state index < -0.39 is 5.97 Å². The van der Waals surface area contributed by atoms with Crippen molar-refractivity contribution >= 4 is 29.2 Å². The Balaban J connectivity index is 1.29. The Morgan fingerprint density at radius 3 is 2.26 bits per heavy atom. The molecule has 5 aromatic rings. The fourth-order valence-electron chi connectivity index (χ4n) is 3.65. The number of rotatable bonds is 7. The van der Waals surface area contributed by atoms with Crippen molar-refractivity contribution in [2.75, 3.05) is 0 Å². The monoisotopic (exact) mass is 461 g/mol. The van der Waals surface area contributed by atoms with E-state index in [2.05, 4.69) is 21.4 Å². The molecule has 0 aliphatic rings. The van der Waals surface area contributed by atoms with Crippen molar-refractivity contribution in [1.29, 1.82) is 5.26 Å². The van der Waals surface area contributed by atoms with Gasteiger partial charge < -0.3 is 9.52 Å². The second-order valence-corrected chi connectivity index (χ2v) is 7.83. The molecular formula is C27H19N5O3. The van der Waals surface area contributed by atoms with Crippen molar-refractivity contribution in [3.8, 4) is 28.8 Å². The number of hydrogen-bond donors (Lipinski definition) is 1. The van der Waals surface area contributed by atoms with Gasteiger partial charge in [0.2, 0.25) is 5.89 Å². The Morgan fingerprint density at radius 1 is 0.971 bits per heavy atom. The first-order valence-electron chi connectivity index (χ1n) is 10.9. The lowest BCUT2D eigenvalue weighted by Crippen LogP contribution is -2.08. The molecule has 0 amide bonds. The third-order valence-electron chi connectivity index (χ3n) is 5.48. The van der Waals surface area contributed by atoms with Crippen LogP contribution in [0.15, 0.2) is 77.2 Å². The van der Waals surface area contributed by atoms with Crippen LogP contribution in [0.2, 0.25) is 0 Å². The lowest BCUT2D eigenvalue weighted by atomic mass is 10.1. The van der Waals surface area contributed by atoms with Gasteiger partial charge in [-0.25, -0.2) is 9.67 Å². The van der Waals surface area contributed by atoms with Gasteiger partial charge in [-0.3, -0.25) is 4.79 Å². The average molecular weight is 461 g/mol. The fourth-order valence-corrected chi connectivity index (χ4v) is 3.65. The van der Waals surface area contributed by atoms with E-state index in [-0.39, 0.29) is 18.7 Å². The maximum absolute atomic E-state index is 10.8. The molecular weight excluding hydrogens is 442 g/mol. The highest BCUT2D eigenvalue weighted by atomic mass is 16.4. The molecule has 0 radical (unpaired) electrons. The van der Waals surface area contributed by atoms with Gasteiger partial charge in [0.1, 0.15) is 17.3 Å². The summed E-state index contributed by atoms with van der Waals surface area (Å²) in [4.78, 5) is 15.3. The molecule has 0 aliphatic heterocycles. The van der Waals surface area contributed by atoms with E-state index in [4.69, 9.17) is 9.52 Å². The maximum Gasteiger partial charge on any atom is 0.305 e. The molecule has 5 rings (SSSR count). The Kier molecular flexibility index (Phi) is 5.89. The summed E-state index contributed by atoms with van der Waals surface area (Å²) in [5.41, 5.74) is 5.93. The standard InChI is InChI=1S/C27H19N5O3/c28-17-23-26(30-31-32(23)16-15-25(33)34)20-11-7-18(8-12-20)5-6-19-9-13-21(14-10-19)27-29-22-3-1-2-4-24(22)35-27/h1-14H,15-16H2,(H,33,34)/b6-5+. The van der Waals surface area contributed by atoms with Crippen LogP contribution in [0.1, 0.15) is 23.2 Å². The van der Waals surface area contributed by atoms with E-state index in [1.54, 1.807) is 0 Å². The van der Waals surface area contributed by atoms with Gasteiger partial charge in [-0.1, -0.05) is 65.9 Å². The van der Waals surface area contributed by atoms with Crippen LogP contribution in [-0.2, 0) is 11.3 Å². The minimum Gasteiger partial charge on any atom is -0.481 e. The Bertz CT molecular complexity index is 1540. The number of hydrogen-bond acceptors (Lipinski definition) is 6. The Morgan fingerprint density at radius 2 is 1.63 bits per heavy atom. The largest absolute Gasteiger partial charge is 0.481 e. The van der Waals surface area contributed by atoms with Crippen LogP contribution in [0.4, 0.5) is 0 Å². The van der Waals surface area contributed by atoms with Crippen molar-refractivity contribution in [3.63, 3.8) is 0 Å². The quantitative estimate of drug-likeness (QED) is 0.328. The highest BCUT2D eigenvalue weighted by Crippen LogP contribution is 2.25. The molecule has 0 unspecified atom stereocenters. The molecule has 0 bridgehead atoms. The Hall–Kier alpha value is -5.03. The number of benzene rings is 3. The molecule has 8 nitrogen and oxygen atoms in total. The van der Waals surface area contributed by atoms with Gasteiger partial charge in [-0.2, -0.15) is 5.26 Å². The smallest absolute Gasteiger partial charge is 0.305 e. The van der Waals surface area contributed by atoms with Gasteiger partial charge in [0, 0.05) is 11.1 Å². The van der Waals surface area contributed by atoms with Gasteiger partial charge in [0.05, 0.1) is 13.0 Å². The second-order valence-electron chi connectivity index (χ2n) is 7.83. The maximum atomic E-state index is 10.8. The number of fused-ring (bicyclic) bond motifs is 1. The average Bonchev–Trinajstić information content (AvgIpc) is 3.51. The number of nitriles is 1. The number of aliphatic carboxylic acids is 1. The lowest BCUT2D eigenvalue weighted by molar-refractivity contribution is -0.137. The fraction of sp³-hybridized carbons (Fsp3) is 0.0741. The molecule has 35 heavy (non-hydrogen) atoms. The zero-order valence-electron chi connectivity index (χ0n) is 18.5. The number of carboxylic acids is 1. The molecule has 0 spiro atoms. The third-order valence-corrected chi connectivity index (χ3v) is 5.48. The number of para-hydroxylation sites is 2. The summed E-state index contributed by atoms with van der Waals surface area (Å²) in [6, 6.07) is 25.3. The van der Waals surface area contributed by atoms with Crippen LogP contribution in [0.25, 0.3) is 46.0 Å². The number of oxazole rings is 1. The second kappa shape index (κ2) is 9.45. The van der Waals surface area contributed by atoms with Crippen molar-refractivity contribution in [3.05, 3.63) is 89.6 Å². The topological polar surface area (TPSA) is 118 Å². The van der Waals surface area contributed by atoms with Crippen molar-refractivity contribution in [1.82, 2.24) is 20.0 Å². The number of nitrogens with zero attached hydrogens (tertiary/aromatic N) is 5. The number of carbonyl (C=O) groups is 1. The number of aryl methyl sites for hydroxylation is 1. The first kappa shape index (κ1) is 21.8. The number of carboxylic acid groups (broad SMARTS) is 1. The molecule has 3 aromatic carbocycles. The molecule has 0 atom stereocenters. The third kappa shape index (κ3) is 4.70. The molecule has 0 saturated heterocycles. The van der Waals surface area contributed by atoms with Crippen LogP contribution in [0.5, 0.6) is 0 Å². The van der Waals surface area contributed by atoms with Crippen molar-refractivity contribution < 1.29 is 14.3 Å². The predicted molar refractivity (Wildman–Crippen MR) is 131 cm³/mol. The molecule has 8 heteroatoms. The normalized spacial score (nSPS) is 11.2. The van der Waals surface area contributed by atoms with Crippen LogP contribution >= 0.6 is 0 Å². The summed E-state index contributed by atoms with van der Waals surface area (Å²) in [6.45, 7) is 0.0945. The molecule has 170 valence electrons. The molecule has 0 aliphatic carbocycles. The van der Waals surface area contributed by atoms with Crippen LogP contribution in [0, 0.1) is 11.3 Å². The van der Waals surface area contributed by atoms with E-state index in [0.29, 0.717) is 11.6 Å². The van der Waals surface area contributed by atoms with Crippen LogP contribution in [0.3, 0.4) is 0 Å². The summed E-state index contributed by atoms with van der Waals surface area (Å²) in [5, 5.41) is 26.4. The molecule has 0 fully saturated rings. The summed E-state index contributed by atoms with van der Waals surface area (Å²) >= 11 is 0. The van der Waals surface area contributed by atoms with Gasteiger partial charge in [0.15, 0.2) is 11.3 Å². The van der Waals surface area contributed by atoms with E-state index in [9.17, 15) is 10.1 Å². The molecule has 2 heterocycles. The summed E-state index contributed by atoms with van der Waals surface area (Å²) in [6.07, 6.45) is 3.87. The molecule has 1 N–H and O–H groups in total. The zero-order chi connectivity index (χ0) is 24.2. The highest BCUT2D eigenvalue weighted by molar-refractivity contribution is 5.77. The predicted octanol–water partition coefficient (Wildman–Crippen LogP) is 5.27. The summed E-state index contributed by atoms with van der Waals surface area (Å²) < 4.78 is 7.15. The van der Waals surface area contributed by atoms with Gasteiger partial charge >= 0.3 is 5.97 Å². The number of aromatic nitrogens is 4. The van der Waals surface area contributed by atoms with E-state index >= 15 is 0 Å². The van der Waals surface area contributed by atoms with Crippen molar-refractivity contribution in [2.45, 2.75) is 13.0 Å². The van der Waals surface area contributed by atoms with E-state index in [0.717, 1.165) is 33.4 Å². The SMILES string of the molecule is N#Cc1c(-c2ccc(/C=C/c3ccc(-c4nc5ccccc5o4)cc3)cc2)nnn1CCC(=O)O. The van der Waals surface area contributed by atoms with Crippen LogP contribution < -0.4 is 0 Å². The highest BCUT2D eigenvalue weighted by Gasteiger charge is 2.15. The lowest BCUT2D eigenvalue weighted by Gasteiger charge is -2.01. The van der Waals surface area contributed by atoms with Gasteiger partial charge in [-0.15, -0.1) is 5.10 Å². The van der Waals surface area contributed by atoms with Crippen molar-refractivity contribution in [2.24, 2.45) is 0 Å². The zero-order valence-corrected chi connectivity index (χ0v) is 18.5. The molecule has 0 saturated carbocycles. The first-order chi connectivity index (χ1) is 17.1. The van der Waals surface area contributed by atoms with Gasteiger partial charge in [0.25, 0.3) is 0 Å². The first-order valence-corrected chi connectivity index (χ1v) is 10.9. The van der Waals surface area contributed by atoms with E-state index in [1.807, 2.05) is 84.9 Å². The molecule has 2 aromatic heterocycles. The van der Waals surface area contributed by atoms with E-state index in [1.165, 1.54) is 4.68 Å². The van der Waals surface area contributed by atoms with Crippen LogP contribution in [-0.4, -0.2) is 31.1 Å². The minimum absolute atomic E-state index is 0.0945. The summed E-state index contributed by atoms with van der Waals surface area (Å²) in [5.74, 6) is -0.364. The summed E-state index contributed by atoms with van der Waals surface area (Å²) in [7, 11) is 0. The van der Waals surface area contributed by atoms with Gasteiger partial charge in [-0.05, 0) is 35.4 Å². The minimum atomic E-state index is -0.956.